The van der Waals surface area contributed by atoms with Crippen molar-refractivity contribution in [1.29, 1.82) is 0 Å². The quantitative estimate of drug-likeness (QED) is 0.477. The Balaban J connectivity index is 1.41. The normalized spacial score (nSPS) is 46.5. The summed E-state index contributed by atoms with van der Waals surface area (Å²) in [5.41, 5.74) is 2.95. The van der Waals surface area contributed by atoms with Crippen LogP contribution in [0.3, 0.4) is 0 Å². The first-order valence-electron chi connectivity index (χ1n) is 12.4. The highest BCUT2D eigenvalue weighted by Crippen LogP contribution is 2.68. The molecular weight excluding hydrogens is 352 g/mol. The average Bonchev–Trinajstić information content (AvgIpc) is 3.05. The van der Waals surface area contributed by atoms with Gasteiger partial charge in [0.2, 0.25) is 0 Å². The van der Waals surface area contributed by atoms with Crippen LogP contribution in [0.25, 0.3) is 0 Å². The molecule has 0 bridgehead atoms. The summed E-state index contributed by atoms with van der Waals surface area (Å²) in [6, 6.07) is 8.26. The lowest BCUT2D eigenvalue weighted by Gasteiger charge is -2.61. The van der Waals surface area contributed by atoms with E-state index in [1.165, 1.54) is 51.4 Å². The molecule has 0 radical (unpaired) electrons. The molecule has 4 saturated carbocycles. The SMILES string of the molecule is Cc1ccccc1C(=O)C1CCC2C3CCC4CC(C)CCC4(C)C3CCC12C. The summed E-state index contributed by atoms with van der Waals surface area (Å²) in [5, 5.41) is 0. The van der Waals surface area contributed by atoms with Crippen LogP contribution in [0.15, 0.2) is 24.3 Å². The molecule has 1 aromatic carbocycles. The first-order valence-corrected chi connectivity index (χ1v) is 12.4. The predicted molar refractivity (Wildman–Crippen MR) is 120 cm³/mol. The summed E-state index contributed by atoms with van der Waals surface area (Å²) in [6.07, 6.45) is 12.3. The minimum atomic E-state index is 0.228. The zero-order valence-electron chi connectivity index (χ0n) is 19.0. The zero-order chi connectivity index (χ0) is 20.4. The van der Waals surface area contributed by atoms with E-state index in [0.29, 0.717) is 11.2 Å². The second kappa shape index (κ2) is 6.96. The number of benzene rings is 1. The third-order valence-corrected chi connectivity index (χ3v) is 10.7. The van der Waals surface area contributed by atoms with Crippen LogP contribution in [0.2, 0.25) is 0 Å². The van der Waals surface area contributed by atoms with Crippen LogP contribution in [-0.4, -0.2) is 5.78 Å². The van der Waals surface area contributed by atoms with E-state index in [1.807, 2.05) is 6.07 Å². The number of rotatable bonds is 2. The van der Waals surface area contributed by atoms with E-state index >= 15 is 0 Å². The highest BCUT2D eigenvalue weighted by molar-refractivity contribution is 5.99. The number of ketones is 1. The zero-order valence-corrected chi connectivity index (χ0v) is 19.0. The van der Waals surface area contributed by atoms with Gasteiger partial charge in [0.15, 0.2) is 5.78 Å². The number of fused-ring (bicyclic) bond motifs is 5. The van der Waals surface area contributed by atoms with E-state index in [9.17, 15) is 4.79 Å². The molecule has 0 spiro atoms. The molecule has 0 aliphatic heterocycles. The molecule has 4 fully saturated rings. The fourth-order valence-corrected chi connectivity index (χ4v) is 8.94. The standard InChI is InChI=1S/C28H40O/c1-18-13-15-27(3)20(17-18)9-10-22-23-11-12-25(28(23,4)16-14-24(22)27)26(29)21-8-6-5-7-19(21)2/h5-8,18,20,22-25H,9-17H2,1-4H3. The largest absolute Gasteiger partial charge is 0.294 e. The van der Waals surface area contributed by atoms with Gasteiger partial charge in [0.25, 0.3) is 0 Å². The molecule has 8 unspecified atom stereocenters. The molecule has 8 atom stereocenters. The van der Waals surface area contributed by atoms with Gasteiger partial charge in [-0.2, -0.15) is 0 Å². The topological polar surface area (TPSA) is 17.1 Å². The summed E-state index contributed by atoms with van der Waals surface area (Å²) in [5.74, 6) is 5.14. The Morgan fingerprint density at radius 1 is 0.897 bits per heavy atom. The van der Waals surface area contributed by atoms with Crippen molar-refractivity contribution in [3.63, 3.8) is 0 Å². The van der Waals surface area contributed by atoms with Gasteiger partial charge in [-0.25, -0.2) is 0 Å². The maximum atomic E-state index is 13.6. The highest BCUT2D eigenvalue weighted by atomic mass is 16.1. The van der Waals surface area contributed by atoms with Gasteiger partial charge in [-0.3, -0.25) is 4.79 Å². The lowest BCUT2D eigenvalue weighted by atomic mass is 9.44. The molecule has 0 aromatic heterocycles. The average molecular weight is 393 g/mol. The van der Waals surface area contributed by atoms with E-state index in [1.54, 1.807) is 0 Å². The Hall–Kier alpha value is -1.11. The van der Waals surface area contributed by atoms with Crippen molar-refractivity contribution in [3.05, 3.63) is 35.4 Å². The lowest BCUT2D eigenvalue weighted by molar-refractivity contribution is -0.114. The monoisotopic (exact) mass is 392 g/mol. The van der Waals surface area contributed by atoms with Crippen LogP contribution in [0.5, 0.6) is 0 Å². The van der Waals surface area contributed by atoms with Crippen molar-refractivity contribution in [1.82, 2.24) is 0 Å². The first-order chi connectivity index (χ1) is 13.8. The van der Waals surface area contributed by atoms with Crippen LogP contribution < -0.4 is 0 Å². The molecule has 0 N–H and O–H groups in total. The number of aryl methyl sites for hydroxylation is 1. The van der Waals surface area contributed by atoms with Gasteiger partial charge in [0.1, 0.15) is 0 Å². The van der Waals surface area contributed by atoms with Crippen molar-refractivity contribution in [2.75, 3.05) is 0 Å². The Kier molecular flexibility index (Phi) is 4.76. The molecule has 5 rings (SSSR count). The van der Waals surface area contributed by atoms with E-state index in [2.05, 4.69) is 45.9 Å². The molecule has 1 heteroatoms. The highest BCUT2D eigenvalue weighted by Gasteiger charge is 2.61. The number of carbonyl (C=O) groups excluding carboxylic acids is 1. The van der Waals surface area contributed by atoms with Crippen molar-refractivity contribution in [2.45, 2.75) is 85.5 Å². The second-order valence-electron chi connectivity index (χ2n) is 11.9. The van der Waals surface area contributed by atoms with E-state index in [-0.39, 0.29) is 11.3 Å². The van der Waals surface area contributed by atoms with Crippen LogP contribution in [0, 0.1) is 53.3 Å². The molecule has 29 heavy (non-hydrogen) atoms. The second-order valence-corrected chi connectivity index (χ2v) is 11.9. The van der Waals surface area contributed by atoms with Gasteiger partial charge in [-0.15, -0.1) is 0 Å². The molecule has 1 nitrogen and oxygen atoms in total. The minimum absolute atomic E-state index is 0.228. The Morgan fingerprint density at radius 2 is 1.62 bits per heavy atom. The maximum absolute atomic E-state index is 13.6. The number of Topliss-reactive ketones (excluding diaryl/α,β-unsaturated/α-hetero) is 1. The van der Waals surface area contributed by atoms with Crippen molar-refractivity contribution < 1.29 is 4.79 Å². The smallest absolute Gasteiger partial charge is 0.166 e. The van der Waals surface area contributed by atoms with E-state index in [4.69, 9.17) is 0 Å². The number of hydrogen-bond acceptors (Lipinski definition) is 1. The van der Waals surface area contributed by atoms with Gasteiger partial charge in [-0.05, 0) is 104 Å². The van der Waals surface area contributed by atoms with Crippen molar-refractivity contribution in [2.24, 2.45) is 46.3 Å². The van der Waals surface area contributed by atoms with Crippen LogP contribution in [-0.2, 0) is 0 Å². The lowest BCUT2D eigenvalue weighted by Crippen LogP contribution is -2.53. The third kappa shape index (κ3) is 2.89. The third-order valence-electron chi connectivity index (χ3n) is 10.7. The minimum Gasteiger partial charge on any atom is -0.294 e. The molecule has 4 aliphatic carbocycles. The van der Waals surface area contributed by atoms with E-state index < -0.39 is 0 Å². The first kappa shape index (κ1) is 19.8. The fraction of sp³-hybridized carbons (Fsp3) is 0.750. The van der Waals surface area contributed by atoms with Crippen LogP contribution >= 0.6 is 0 Å². The molecule has 4 aliphatic rings. The molecular formula is C28H40O. The Labute approximate surface area is 178 Å². The van der Waals surface area contributed by atoms with Crippen molar-refractivity contribution in [3.8, 4) is 0 Å². The van der Waals surface area contributed by atoms with Gasteiger partial charge >= 0.3 is 0 Å². The van der Waals surface area contributed by atoms with Crippen LogP contribution in [0.4, 0.5) is 0 Å². The molecule has 158 valence electrons. The Morgan fingerprint density at radius 3 is 2.41 bits per heavy atom. The predicted octanol–water partition coefficient (Wildman–Crippen LogP) is 7.47. The van der Waals surface area contributed by atoms with Gasteiger partial charge in [0.05, 0.1) is 0 Å². The van der Waals surface area contributed by atoms with E-state index in [0.717, 1.165) is 47.1 Å². The summed E-state index contributed by atoms with van der Waals surface area (Å²) >= 11 is 0. The summed E-state index contributed by atoms with van der Waals surface area (Å²) in [6.45, 7) is 9.74. The molecule has 1 aromatic rings. The molecule has 0 heterocycles. The summed E-state index contributed by atoms with van der Waals surface area (Å²) < 4.78 is 0. The van der Waals surface area contributed by atoms with Gasteiger partial charge < -0.3 is 0 Å². The maximum Gasteiger partial charge on any atom is 0.166 e. The number of carbonyl (C=O) groups is 1. The van der Waals surface area contributed by atoms with Crippen LogP contribution in [0.1, 0.15) is 94.5 Å². The fourth-order valence-electron chi connectivity index (χ4n) is 8.94. The molecule has 0 saturated heterocycles. The number of hydrogen-bond donors (Lipinski definition) is 0. The Bertz CT molecular complexity index is 795. The van der Waals surface area contributed by atoms with Gasteiger partial charge in [0, 0.05) is 11.5 Å². The summed E-state index contributed by atoms with van der Waals surface area (Å²) in [4.78, 5) is 13.6. The van der Waals surface area contributed by atoms with Gasteiger partial charge in [-0.1, -0.05) is 51.5 Å². The van der Waals surface area contributed by atoms with Crippen molar-refractivity contribution >= 4 is 5.78 Å². The summed E-state index contributed by atoms with van der Waals surface area (Å²) in [7, 11) is 0. The molecule has 0 amide bonds.